The van der Waals surface area contributed by atoms with Crippen LogP contribution in [-0.2, 0) is 11.2 Å². The van der Waals surface area contributed by atoms with Crippen molar-refractivity contribution in [3.8, 4) is 5.75 Å². The highest BCUT2D eigenvalue weighted by Crippen LogP contribution is 2.30. The molecule has 28 heavy (non-hydrogen) atoms. The molecule has 1 aromatic carbocycles. The lowest BCUT2D eigenvalue weighted by Gasteiger charge is -2.23. The number of nitrogens with zero attached hydrogens (tertiary/aromatic N) is 1. The van der Waals surface area contributed by atoms with Crippen LogP contribution in [0.3, 0.4) is 0 Å². The highest BCUT2D eigenvalue weighted by atomic mass is 16.5. The Balaban J connectivity index is 1.31. The maximum absolute atomic E-state index is 12.4. The zero-order chi connectivity index (χ0) is 19.3. The van der Waals surface area contributed by atoms with E-state index in [2.05, 4.69) is 10.6 Å². The third kappa shape index (κ3) is 4.30. The highest BCUT2D eigenvalue weighted by molar-refractivity contribution is 5.89. The van der Waals surface area contributed by atoms with E-state index in [0.29, 0.717) is 11.4 Å². The Bertz CT molecular complexity index is 842. The summed E-state index contributed by atoms with van der Waals surface area (Å²) in [7, 11) is 0. The van der Waals surface area contributed by atoms with E-state index in [9.17, 15) is 9.59 Å². The van der Waals surface area contributed by atoms with Crippen molar-refractivity contribution in [2.24, 2.45) is 0 Å². The molecule has 1 saturated heterocycles. The van der Waals surface area contributed by atoms with Gasteiger partial charge in [-0.1, -0.05) is 6.07 Å². The third-order valence-corrected chi connectivity index (χ3v) is 5.27. The van der Waals surface area contributed by atoms with E-state index < -0.39 is 0 Å². The third-order valence-electron chi connectivity index (χ3n) is 5.27. The van der Waals surface area contributed by atoms with Gasteiger partial charge in [-0.15, -0.1) is 0 Å². The number of nitrogens with one attached hydrogen (secondary N) is 2. The Morgan fingerprint density at radius 3 is 2.89 bits per heavy atom. The molecule has 0 radical (unpaired) electrons. The summed E-state index contributed by atoms with van der Waals surface area (Å²) in [4.78, 5) is 26.3. The second-order valence-corrected chi connectivity index (χ2v) is 7.25. The van der Waals surface area contributed by atoms with E-state index in [1.165, 1.54) is 0 Å². The van der Waals surface area contributed by atoms with Crippen molar-refractivity contribution in [2.45, 2.75) is 38.1 Å². The average molecular weight is 383 g/mol. The molecule has 2 aliphatic rings. The number of ether oxygens (including phenoxy) is 1. The molecule has 0 spiro atoms. The fraction of sp³-hybridized carbons (Fsp3) is 0.429. The summed E-state index contributed by atoms with van der Waals surface area (Å²) < 4.78 is 11.1. The van der Waals surface area contributed by atoms with Crippen molar-refractivity contribution in [3.63, 3.8) is 0 Å². The van der Waals surface area contributed by atoms with Crippen molar-refractivity contribution in [1.82, 2.24) is 10.2 Å². The zero-order valence-corrected chi connectivity index (χ0v) is 15.8. The molecule has 4 rings (SSSR count). The SMILES string of the molecule is O=C(Nc1cccc(OCC(=O)N2CCCC2)c1)NC1CCCc2occc21. The zero-order valence-electron chi connectivity index (χ0n) is 15.8. The fourth-order valence-corrected chi connectivity index (χ4v) is 3.83. The van der Waals surface area contributed by atoms with Crippen molar-refractivity contribution >= 4 is 17.6 Å². The predicted molar refractivity (Wildman–Crippen MR) is 104 cm³/mol. The summed E-state index contributed by atoms with van der Waals surface area (Å²) in [5, 5.41) is 5.84. The van der Waals surface area contributed by atoms with E-state index in [4.69, 9.17) is 9.15 Å². The highest BCUT2D eigenvalue weighted by Gasteiger charge is 2.24. The van der Waals surface area contributed by atoms with Crippen LogP contribution in [0.2, 0.25) is 0 Å². The molecule has 2 N–H and O–H groups in total. The summed E-state index contributed by atoms with van der Waals surface area (Å²) in [6.45, 7) is 1.63. The summed E-state index contributed by atoms with van der Waals surface area (Å²) in [6, 6.07) is 8.69. The fourth-order valence-electron chi connectivity index (χ4n) is 3.83. The lowest BCUT2D eigenvalue weighted by molar-refractivity contribution is -0.132. The minimum Gasteiger partial charge on any atom is -0.484 e. The number of carbonyl (C=O) groups is 2. The Hall–Kier alpha value is -2.96. The summed E-state index contributed by atoms with van der Waals surface area (Å²) in [5.41, 5.74) is 1.67. The number of likely N-dealkylation sites (tertiary alicyclic amines) is 1. The van der Waals surface area contributed by atoms with E-state index in [0.717, 1.165) is 56.5 Å². The Labute approximate surface area is 164 Å². The van der Waals surface area contributed by atoms with Crippen LogP contribution in [0.4, 0.5) is 10.5 Å². The Morgan fingerprint density at radius 2 is 2.04 bits per heavy atom. The Kier molecular flexibility index (Phi) is 5.50. The first-order valence-corrected chi connectivity index (χ1v) is 9.83. The second-order valence-electron chi connectivity index (χ2n) is 7.25. The van der Waals surface area contributed by atoms with Crippen molar-refractivity contribution < 1.29 is 18.7 Å². The largest absolute Gasteiger partial charge is 0.484 e. The molecule has 1 atom stereocenters. The van der Waals surface area contributed by atoms with Gasteiger partial charge in [-0.05, 0) is 43.9 Å². The van der Waals surface area contributed by atoms with Gasteiger partial charge < -0.3 is 24.7 Å². The van der Waals surface area contributed by atoms with Gasteiger partial charge in [0.05, 0.1) is 12.3 Å². The lowest BCUT2D eigenvalue weighted by atomic mass is 9.93. The van der Waals surface area contributed by atoms with Gasteiger partial charge in [0.1, 0.15) is 11.5 Å². The number of carbonyl (C=O) groups excluding carboxylic acids is 2. The van der Waals surface area contributed by atoms with Gasteiger partial charge in [0.15, 0.2) is 6.61 Å². The molecular formula is C21H25N3O4. The van der Waals surface area contributed by atoms with Crippen LogP contribution in [0.1, 0.15) is 43.0 Å². The van der Waals surface area contributed by atoms with Gasteiger partial charge in [-0.2, -0.15) is 0 Å². The maximum Gasteiger partial charge on any atom is 0.319 e. The monoisotopic (exact) mass is 383 g/mol. The molecule has 0 saturated carbocycles. The topological polar surface area (TPSA) is 83.8 Å². The van der Waals surface area contributed by atoms with Crippen molar-refractivity contribution in [1.29, 1.82) is 0 Å². The van der Waals surface area contributed by atoms with Gasteiger partial charge in [0, 0.05) is 36.8 Å². The Morgan fingerprint density at radius 1 is 1.18 bits per heavy atom. The molecular weight excluding hydrogens is 358 g/mol. The molecule has 2 heterocycles. The van der Waals surface area contributed by atoms with Gasteiger partial charge in [0.2, 0.25) is 0 Å². The standard InChI is InChI=1S/C21H25N3O4/c25-20(24-10-1-2-11-24)14-28-16-6-3-5-15(13-16)22-21(26)23-18-7-4-8-19-17(18)9-12-27-19/h3,5-6,9,12-13,18H,1-2,4,7-8,10-11,14H2,(H2,22,23,26). The van der Waals surface area contributed by atoms with Crippen molar-refractivity contribution in [2.75, 3.05) is 25.0 Å². The number of anilines is 1. The number of hydrogen-bond acceptors (Lipinski definition) is 4. The van der Waals surface area contributed by atoms with Gasteiger partial charge >= 0.3 is 6.03 Å². The molecule has 1 unspecified atom stereocenters. The molecule has 3 amide bonds. The lowest BCUT2D eigenvalue weighted by Crippen LogP contribution is -2.34. The predicted octanol–water partition coefficient (Wildman–Crippen LogP) is 3.48. The number of amides is 3. The molecule has 1 aliphatic carbocycles. The molecule has 0 bridgehead atoms. The summed E-state index contributed by atoms with van der Waals surface area (Å²) in [6.07, 6.45) is 6.58. The van der Waals surface area contributed by atoms with Crippen LogP contribution < -0.4 is 15.4 Å². The number of urea groups is 1. The molecule has 148 valence electrons. The van der Waals surface area contributed by atoms with Gasteiger partial charge in [0.25, 0.3) is 5.91 Å². The minimum atomic E-state index is -0.274. The van der Waals surface area contributed by atoms with E-state index in [-0.39, 0.29) is 24.6 Å². The number of fused-ring (bicyclic) bond motifs is 1. The van der Waals surface area contributed by atoms with Crippen LogP contribution in [0, 0.1) is 0 Å². The van der Waals surface area contributed by atoms with Crippen molar-refractivity contribution in [3.05, 3.63) is 47.9 Å². The normalized spacial score (nSPS) is 18.4. The van der Waals surface area contributed by atoms with Gasteiger partial charge in [-0.25, -0.2) is 4.79 Å². The molecule has 1 fully saturated rings. The molecule has 7 nitrogen and oxygen atoms in total. The van der Waals surface area contributed by atoms with Crippen LogP contribution in [0.25, 0.3) is 0 Å². The molecule has 1 aliphatic heterocycles. The molecule has 2 aromatic rings. The van der Waals surface area contributed by atoms with E-state index >= 15 is 0 Å². The number of benzene rings is 1. The van der Waals surface area contributed by atoms with E-state index in [1.54, 1.807) is 30.5 Å². The molecule has 7 heteroatoms. The number of hydrogen-bond donors (Lipinski definition) is 2. The van der Waals surface area contributed by atoms with Crippen LogP contribution in [0.5, 0.6) is 5.75 Å². The quantitative estimate of drug-likeness (QED) is 0.828. The summed E-state index contributed by atoms with van der Waals surface area (Å²) >= 11 is 0. The number of rotatable bonds is 5. The average Bonchev–Trinajstić information content (AvgIpc) is 3.38. The van der Waals surface area contributed by atoms with Crippen LogP contribution in [-0.4, -0.2) is 36.5 Å². The first-order chi connectivity index (χ1) is 13.7. The number of furan rings is 1. The smallest absolute Gasteiger partial charge is 0.319 e. The van der Waals surface area contributed by atoms with Crippen LogP contribution >= 0.6 is 0 Å². The second kappa shape index (κ2) is 8.37. The first-order valence-electron chi connectivity index (χ1n) is 9.83. The minimum absolute atomic E-state index is 0.00169. The summed E-state index contributed by atoms with van der Waals surface area (Å²) in [5.74, 6) is 1.51. The van der Waals surface area contributed by atoms with E-state index in [1.807, 2.05) is 11.0 Å². The van der Waals surface area contributed by atoms with Crippen LogP contribution in [0.15, 0.2) is 41.0 Å². The maximum atomic E-state index is 12.4. The van der Waals surface area contributed by atoms with Gasteiger partial charge in [-0.3, -0.25) is 4.79 Å². The molecule has 1 aromatic heterocycles. The first kappa shape index (κ1) is 18.4. The number of aryl methyl sites for hydroxylation is 1.